The normalized spacial score (nSPS) is 20.2. The fourth-order valence-electron chi connectivity index (χ4n) is 1.70. The van der Waals surface area contributed by atoms with Gasteiger partial charge in [-0.15, -0.1) is 0 Å². The lowest BCUT2D eigenvalue weighted by Gasteiger charge is -2.30. The summed E-state index contributed by atoms with van der Waals surface area (Å²) in [5, 5.41) is 12.7. The average Bonchev–Trinajstić information content (AvgIpc) is 2.82. The fraction of sp³-hybridized carbons (Fsp3) is 0.455. The van der Waals surface area contributed by atoms with Crippen LogP contribution in [0, 0.1) is 0 Å². The monoisotopic (exact) mass is 255 g/mol. The van der Waals surface area contributed by atoms with Crippen molar-refractivity contribution < 1.29 is 19.4 Å². The first-order chi connectivity index (χ1) is 8.16. The van der Waals surface area contributed by atoms with Crippen LogP contribution in [-0.4, -0.2) is 47.7 Å². The zero-order valence-electron chi connectivity index (χ0n) is 9.17. The van der Waals surface area contributed by atoms with Gasteiger partial charge in [-0.05, 0) is 22.4 Å². The minimum absolute atomic E-state index is 0.0436. The van der Waals surface area contributed by atoms with Crippen LogP contribution < -0.4 is 0 Å². The molecule has 0 saturated carbocycles. The van der Waals surface area contributed by atoms with Crippen molar-refractivity contribution in [2.75, 3.05) is 19.7 Å². The van der Waals surface area contributed by atoms with Gasteiger partial charge in [0.25, 0.3) is 0 Å². The van der Waals surface area contributed by atoms with Gasteiger partial charge >= 0.3 is 5.97 Å². The van der Waals surface area contributed by atoms with Crippen molar-refractivity contribution in [2.24, 2.45) is 0 Å². The van der Waals surface area contributed by atoms with Crippen molar-refractivity contribution in [1.29, 1.82) is 0 Å². The molecule has 5 nitrogen and oxygen atoms in total. The van der Waals surface area contributed by atoms with Crippen LogP contribution in [0.3, 0.4) is 0 Å². The fourth-order valence-corrected chi connectivity index (χ4v) is 2.37. The van der Waals surface area contributed by atoms with Gasteiger partial charge in [-0.3, -0.25) is 4.79 Å². The number of hydrogen-bond donors (Lipinski definition) is 1. The molecule has 1 aromatic rings. The van der Waals surface area contributed by atoms with E-state index in [2.05, 4.69) is 0 Å². The van der Waals surface area contributed by atoms with Gasteiger partial charge in [0, 0.05) is 6.54 Å². The van der Waals surface area contributed by atoms with E-state index >= 15 is 0 Å². The van der Waals surface area contributed by atoms with Gasteiger partial charge in [-0.2, -0.15) is 11.3 Å². The number of carboxylic acid groups (broad SMARTS) is 1. The summed E-state index contributed by atoms with van der Waals surface area (Å²) < 4.78 is 5.06. The number of carbonyl (C=O) groups is 2. The van der Waals surface area contributed by atoms with Crippen molar-refractivity contribution >= 4 is 23.2 Å². The maximum Gasteiger partial charge on any atom is 0.334 e. The number of morpholine rings is 1. The summed E-state index contributed by atoms with van der Waals surface area (Å²) in [5.41, 5.74) is 0.971. The molecule has 1 saturated heterocycles. The Morgan fingerprint density at radius 2 is 2.41 bits per heavy atom. The summed E-state index contributed by atoms with van der Waals surface area (Å²) in [4.78, 5) is 24.2. The topological polar surface area (TPSA) is 66.8 Å². The molecule has 0 aromatic carbocycles. The molecule has 0 aliphatic carbocycles. The second-order valence-electron chi connectivity index (χ2n) is 3.85. The van der Waals surface area contributed by atoms with E-state index in [1.165, 1.54) is 0 Å². The van der Waals surface area contributed by atoms with Crippen LogP contribution in [0.2, 0.25) is 0 Å². The third-order valence-electron chi connectivity index (χ3n) is 2.63. The van der Waals surface area contributed by atoms with E-state index in [9.17, 15) is 9.59 Å². The van der Waals surface area contributed by atoms with E-state index in [1.807, 2.05) is 16.8 Å². The third kappa shape index (κ3) is 3.04. The molecule has 6 heteroatoms. The van der Waals surface area contributed by atoms with Crippen molar-refractivity contribution in [2.45, 2.75) is 12.5 Å². The minimum Gasteiger partial charge on any atom is -0.479 e. The van der Waals surface area contributed by atoms with Gasteiger partial charge in [-0.25, -0.2) is 4.79 Å². The highest BCUT2D eigenvalue weighted by Crippen LogP contribution is 2.11. The Morgan fingerprint density at radius 1 is 1.59 bits per heavy atom. The van der Waals surface area contributed by atoms with E-state index in [4.69, 9.17) is 9.84 Å². The number of nitrogens with zero attached hydrogens (tertiary/aromatic N) is 1. The summed E-state index contributed by atoms with van der Waals surface area (Å²) in [7, 11) is 0. The zero-order valence-corrected chi connectivity index (χ0v) is 9.98. The second-order valence-corrected chi connectivity index (χ2v) is 4.63. The highest BCUT2D eigenvalue weighted by atomic mass is 32.1. The predicted molar refractivity (Wildman–Crippen MR) is 62.0 cm³/mol. The van der Waals surface area contributed by atoms with E-state index in [0.717, 1.165) is 5.56 Å². The van der Waals surface area contributed by atoms with E-state index in [0.29, 0.717) is 13.0 Å². The maximum absolute atomic E-state index is 11.9. The Kier molecular flexibility index (Phi) is 3.75. The molecule has 2 rings (SSSR count). The molecule has 1 atom stereocenters. The molecular weight excluding hydrogens is 242 g/mol. The Hall–Kier alpha value is -1.40. The largest absolute Gasteiger partial charge is 0.479 e. The Balaban J connectivity index is 1.93. The third-order valence-corrected chi connectivity index (χ3v) is 3.36. The number of amides is 1. The summed E-state index contributed by atoms with van der Waals surface area (Å²) in [6, 6.07) is 1.90. The van der Waals surface area contributed by atoms with Gasteiger partial charge in [0.05, 0.1) is 19.6 Å². The van der Waals surface area contributed by atoms with Crippen LogP contribution in [0.4, 0.5) is 0 Å². The average molecular weight is 255 g/mol. The van der Waals surface area contributed by atoms with Crippen LogP contribution in [0.5, 0.6) is 0 Å². The highest BCUT2D eigenvalue weighted by molar-refractivity contribution is 7.07. The van der Waals surface area contributed by atoms with E-state index in [-0.39, 0.29) is 19.1 Å². The van der Waals surface area contributed by atoms with Gasteiger partial charge in [0.2, 0.25) is 5.91 Å². The second kappa shape index (κ2) is 5.29. The number of carboxylic acids is 1. The predicted octanol–water partition coefficient (Wildman–Crippen LogP) is 0.603. The SMILES string of the molecule is O=C(O)[C@@H]1CN(C(=O)Cc2ccsc2)CCO1. The maximum atomic E-state index is 11.9. The molecule has 1 fully saturated rings. The molecule has 2 heterocycles. The van der Waals surface area contributed by atoms with Crippen LogP contribution in [0.1, 0.15) is 5.56 Å². The summed E-state index contributed by atoms with van der Waals surface area (Å²) >= 11 is 1.54. The lowest BCUT2D eigenvalue weighted by atomic mass is 10.2. The first kappa shape index (κ1) is 12.1. The number of aliphatic carboxylic acids is 1. The minimum atomic E-state index is -1.02. The lowest BCUT2D eigenvalue weighted by molar-refractivity contribution is -0.159. The number of thiophene rings is 1. The summed E-state index contributed by atoms with van der Waals surface area (Å²) in [6.45, 7) is 0.886. The quantitative estimate of drug-likeness (QED) is 0.859. The zero-order chi connectivity index (χ0) is 12.3. The lowest BCUT2D eigenvalue weighted by Crippen LogP contribution is -2.49. The summed E-state index contributed by atoms with van der Waals surface area (Å²) in [6.07, 6.45) is -0.564. The number of rotatable bonds is 3. The van der Waals surface area contributed by atoms with Gasteiger partial charge < -0.3 is 14.7 Å². The molecule has 0 unspecified atom stereocenters. The van der Waals surface area contributed by atoms with Crippen LogP contribution in [0.25, 0.3) is 0 Å². The van der Waals surface area contributed by atoms with Gasteiger partial charge in [0.1, 0.15) is 0 Å². The Morgan fingerprint density at radius 3 is 3.06 bits per heavy atom. The number of hydrogen-bond acceptors (Lipinski definition) is 4. The highest BCUT2D eigenvalue weighted by Gasteiger charge is 2.28. The molecule has 1 aromatic heterocycles. The van der Waals surface area contributed by atoms with Crippen molar-refractivity contribution in [3.05, 3.63) is 22.4 Å². The first-order valence-corrected chi connectivity index (χ1v) is 6.24. The Bertz CT molecular complexity index is 404. The van der Waals surface area contributed by atoms with Gasteiger partial charge in [-0.1, -0.05) is 0 Å². The van der Waals surface area contributed by atoms with Gasteiger partial charge in [0.15, 0.2) is 6.10 Å². The first-order valence-electron chi connectivity index (χ1n) is 5.30. The van der Waals surface area contributed by atoms with Crippen LogP contribution in [0.15, 0.2) is 16.8 Å². The molecule has 92 valence electrons. The molecule has 0 spiro atoms. The summed E-state index contributed by atoms with van der Waals surface area (Å²) in [5.74, 6) is -1.06. The van der Waals surface area contributed by atoms with Crippen molar-refractivity contribution in [3.63, 3.8) is 0 Å². The molecule has 0 radical (unpaired) electrons. The Labute approximate surface area is 103 Å². The molecule has 1 aliphatic rings. The van der Waals surface area contributed by atoms with E-state index in [1.54, 1.807) is 16.2 Å². The molecule has 1 aliphatic heterocycles. The number of carbonyl (C=O) groups excluding carboxylic acids is 1. The van der Waals surface area contributed by atoms with Crippen molar-refractivity contribution in [1.82, 2.24) is 4.90 Å². The molecule has 17 heavy (non-hydrogen) atoms. The number of ether oxygens (including phenoxy) is 1. The standard InChI is InChI=1S/C11H13NO4S/c13-10(5-8-1-4-17-7-8)12-2-3-16-9(6-12)11(14)15/h1,4,7,9H,2-3,5-6H2,(H,14,15)/t9-/m0/s1. The smallest absolute Gasteiger partial charge is 0.334 e. The van der Waals surface area contributed by atoms with Crippen LogP contribution in [-0.2, 0) is 20.7 Å². The molecule has 0 bridgehead atoms. The molecule has 1 N–H and O–H groups in total. The molecule has 1 amide bonds. The molecular formula is C11H13NO4S. The van der Waals surface area contributed by atoms with E-state index < -0.39 is 12.1 Å². The van der Waals surface area contributed by atoms with Crippen molar-refractivity contribution in [3.8, 4) is 0 Å². The van der Waals surface area contributed by atoms with Crippen LogP contribution >= 0.6 is 11.3 Å².